The van der Waals surface area contributed by atoms with Gasteiger partial charge in [0.15, 0.2) is 0 Å². The van der Waals surface area contributed by atoms with Crippen molar-refractivity contribution >= 4 is 49.8 Å². The highest BCUT2D eigenvalue weighted by Crippen LogP contribution is 2.51. The predicted molar refractivity (Wildman–Crippen MR) is 265 cm³/mol. The van der Waals surface area contributed by atoms with Gasteiger partial charge in [0, 0.05) is 44.2 Å². The van der Waals surface area contributed by atoms with E-state index in [1.807, 2.05) is 0 Å². The van der Waals surface area contributed by atoms with Crippen molar-refractivity contribution in [2.75, 3.05) is 4.90 Å². The lowest BCUT2D eigenvalue weighted by Crippen LogP contribution is -2.16. The number of hydrogen-bond acceptors (Lipinski definition) is 2. The van der Waals surface area contributed by atoms with Gasteiger partial charge >= 0.3 is 0 Å². The molecular formula is C61H43NO. The minimum absolute atomic E-state index is 0.120. The number of furan rings is 1. The van der Waals surface area contributed by atoms with E-state index < -0.39 is 0 Å². The Morgan fingerprint density at radius 2 is 0.794 bits per heavy atom. The first-order chi connectivity index (χ1) is 31.0. The maximum atomic E-state index is 7.09. The molecule has 1 heterocycles. The maximum Gasteiger partial charge on any atom is 0.143 e. The van der Waals surface area contributed by atoms with Gasteiger partial charge in [-0.1, -0.05) is 190 Å². The highest BCUT2D eigenvalue weighted by atomic mass is 16.3. The molecule has 0 bridgehead atoms. The molecule has 0 aliphatic heterocycles. The highest BCUT2D eigenvalue weighted by Gasteiger charge is 2.35. The van der Waals surface area contributed by atoms with Gasteiger partial charge in [-0.05, 0) is 115 Å². The van der Waals surface area contributed by atoms with Crippen LogP contribution in [0, 0.1) is 0 Å². The van der Waals surface area contributed by atoms with Gasteiger partial charge in [-0.2, -0.15) is 0 Å². The Kier molecular flexibility index (Phi) is 8.55. The summed E-state index contributed by atoms with van der Waals surface area (Å²) >= 11 is 0. The normalized spacial score (nSPS) is 12.7. The molecule has 0 atom stereocenters. The third-order valence-corrected chi connectivity index (χ3v) is 13.3. The number of hydrogen-bond donors (Lipinski definition) is 0. The SMILES string of the molecule is CC1(C)c2ccccc2-c2ccc(N(c3ccc(-c4ccccc4)cc3)c3ccc(-c4ccc(-c5ccccc5)c5oc6c7ccccc7c(-c7ccccc7)cc6c45)cc3)cc21. The predicted octanol–water partition coefficient (Wildman–Crippen LogP) is 17.2. The summed E-state index contributed by atoms with van der Waals surface area (Å²) in [6.45, 7) is 4.70. The highest BCUT2D eigenvalue weighted by molar-refractivity contribution is 6.24. The van der Waals surface area contributed by atoms with E-state index in [2.05, 4.69) is 243 Å². The van der Waals surface area contributed by atoms with E-state index in [0.29, 0.717) is 0 Å². The van der Waals surface area contributed by atoms with E-state index in [1.165, 1.54) is 49.9 Å². The Hall–Kier alpha value is -7.94. The molecule has 1 aliphatic carbocycles. The van der Waals surface area contributed by atoms with Crippen LogP contribution in [-0.2, 0) is 5.41 Å². The Bertz CT molecular complexity index is 3490. The molecule has 10 aromatic carbocycles. The van der Waals surface area contributed by atoms with Gasteiger partial charge in [-0.25, -0.2) is 0 Å². The number of benzene rings is 10. The summed E-state index contributed by atoms with van der Waals surface area (Å²) in [4.78, 5) is 2.40. The molecule has 0 radical (unpaired) electrons. The van der Waals surface area contributed by atoms with Crippen LogP contribution in [0.4, 0.5) is 17.1 Å². The molecule has 298 valence electrons. The molecule has 0 amide bonds. The summed E-state index contributed by atoms with van der Waals surface area (Å²) < 4.78 is 7.09. The maximum absolute atomic E-state index is 7.09. The van der Waals surface area contributed by atoms with E-state index in [-0.39, 0.29) is 5.41 Å². The quantitative estimate of drug-likeness (QED) is 0.160. The molecule has 0 saturated heterocycles. The summed E-state index contributed by atoms with van der Waals surface area (Å²) in [7, 11) is 0. The van der Waals surface area contributed by atoms with Crippen LogP contribution in [0.5, 0.6) is 0 Å². The summed E-state index contributed by atoms with van der Waals surface area (Å²) in [6, 6.07) is 81.4. The van der Waals surface area contributed by atoms with Crippen LogP contribution in [0.15, 0.2) is 229 Å². The molecular weight excluding hydrogens is 763 g/mol. The molecule has 0 saturated carbocycles. The lowest BCUT2D eigenvalue weighted by Gasteiger charge is -2.28. The van der Waals surface area contributed by atoms with Gasteiger partial charge in [-0.15, -0.1) is 0 Å². The van der Waals surface area contributed by atoms with Gasteiger partial charge in [0.25, 0.3) is 0 Å². The van der Waals surface area contributed by atoms with Gasteiger partial charge in [0.2, 0.25) is 0 Å². The van der Waals surface area contributed by atoms with Crippen LogP contribution in [0.1, 0.15) is 25.0 Å². The smallest absolute Gasteiger partial charge is 0.143 e. The van der Waals surface area contributed by atoms with E-state index in [1.54, 1.807) is 0 Å². The largest absolute Gasteiger partial charge is 0.455 e. The second kappa shape index (κ2) is 14.6. The molecule has 11 aromatic rings. The lowest BCUT2D eigenvalue weighted by atomic mass is 9.82. The fraction of sp³-hybridized carbons (Fsp3) is 0.0492. The molecule has 12 rings (SSSR count). The molecule has 0 spiro atoms. The average Bonchev–Trinajstić information content (AvgIpc) is 3.85. The molecule has 0 fully saturated rings. The van der Waals surface area contributed by atoms with Gasteiger partial charge < -0.3 is 9.32 Å². The minimum atomic E-state index is -0.120. The van der Waals surface area contributed by atoms with Crippen molar-refractivity contribution in [2.45, 2.75) is 19.3 Å². The van der Waals surface area contributed by atoms with Crippen LogP contribution in [0.3, 0.4) is 0 Å². The molecule has 1 aliphatic rings. The summed E-state index contributed by atoms with van der Waals surface area (Å²) in [5.41, 5.74) is 19.6. The summed E-state index contributed by atoms with van der Waals surface area (Å²) in [5, 5.41) is 4.52. The van der Waals surface area contributed by atoms with Crippen LogP contribution in [0.2, 0.25) is 0 Å². The Morgan fingerprint density at radius 3 is 1.48 bits per heavy atom. The first kappa shape index (κ1) is 36.9. The van der Waals surface area contributed by atoms with Gasteiger partial charge in [0.05, 0.1) is 0 Å². The zero-order valence-corrected chi connectivity index (χ0v) is 35.2. The van der Waals surface area contributed by atoms with Gasteiger partial charge in [-0.3, -0.25) is 0 Å². The van der Waals surface area contributed by atoms with Gasteiger partial charge in [0.1, 0.15) is 11.2 Å². The zero-order valence-electron chi connectivity index (χ0n) is 35.2. The fourth-order valence-electron chi connectivity index (χ4n) is 10.1. The Balaban J connectivity index is 1.04. The summed E-state index contributed by atoms with van der Waals surface area (Å²) in [6.07, 6.45) is 0. The van der Waals surface area contributed by atoms with Crippen molar-refractivity contribution in [3.63, 3.8) is 0 Å². The van der Waals surface area contributed by atoms with Crippen LogP contribution >= 0.6 is 0 Å². The number of anilines is 3. The standard InChI is InChI=1S/C61H43NO/c1-61(2)56-25-15-14-23-51(56)52-35-34-47(38-57(52)61)62(45-30-26-41(27-31-45)40-16-6-3-7-17-40)46-32-28-44(29-33-46)48-36-37-49(42-18-8-4-9-19-42)60-58(48)55-39-54(43-20-10-5-11-21-43)50-22-12-13-24-53(50)59(55)63-60/h3-39H,1-2H3. The third kappa shape index (κ3) is 6.02. The number of nitrogens with zero attached hydrogens (tertiary/aromatic N) is 1. The van der Waals surface area contributed by atoms with Crippen molar-refractivity contribution in [1.29, 1.82) is 0 Å². The minimum Gasteiger partial charge on any atom is -0.455 e. The number of fused-ring (bicyclic) bond motifs is 8. The van der Waals surface area contributed by atoms with Crippen LogP contribution in [-0.4, -0.2) is 0 Å². The summed E-state index contributed by atoms with van der Waals surface area (Å²) in [5.74, 6) is 0. The van der Waals surface area contributed by atoms with E-state index in [0.717, 1.165) is 66.6 Å². The van der Waals surface area contributed by atoms with Crippen LogP contribution < -0.4 is 4.90 Å². The van der Waals surface area contributed by atoms with Crippen LogP contribution in [0.25, 0.3) is 88.3 Å². The monoisotopic (exact) mass is 805 g/mol. The van der Waals surface area contributed by atoms with E-state index in [4.69, 9.17) is 4.42 Å². The van der Waals surface area contributed by atoms with E-state index in [9.17, 15) is 0 Å². The van der Waals surface area contributed by atoms with Crippen molar-refractivity contribution in [1.82, 2.24) is 0 Å². The second-order valence-corrected chi connectivity index (χ2v) is 17.2. The topological polar surface area (TPSA) is 16.4 Å². The van der Waals surface area contributed by atoms with Crippen molar-refractivity contribution in [3.05, 3.63) is 236 Å². The van der Waals surface area contributed by atoms with Crippen molar-refractivity contribution in [2.24, 2.45) is 0 Å². The first-order valence-corrected chi connectivity index (χ1v) is 21.8. The second-order valence-electron chi connectivity index (χ2n) is 17.2. The molecule has 2 heteroatoms. The Morgan fingerprint density at radius 1 is 0.317 bits per heavy atom. The molecule has 1 aromatic heterocycles. The zero-order chi connectivity index (χ0) is 42.1. The Labute approximate surface area is 368 Å². The number of rotatable bonds is 7. The van der Waals surface area contributed by atoms with Crippen molar-refractivity contribution in [3.8, 4) is 55.6 Å². The fourth-order valence-corrected chi connectivity index (χ4v) is 10.1. The molecule has 0 unspecified atom stereocenters. The van der Waals surface area contributed by atoms with Crippen molar-refractivity contribution < 1.29 is 4.42 Å². The molecule has 2 nitrogen and oxygen atoms in total. The average molecular weight is 806 g/mol. The first-order valence-electron chi connectivity index (χ1n) is 21.8. The third-order valence-electron chi connectivity index (χ3n) is 13.3. The van der Waals surface area contributed by atoms with E-state index >= 15 is 0 Å². The lowest BCUT2D eigenvalue weighted by molar-refractivity contribution is 0.660. The molecule has 0 N–H and O–H groups in total. The molecule has 63 heavy (non-hydrogen) atoms.